The molecule has 4 nitrogen and oxygen atoms in total. The molecule has 0 spiro atoms. The van der Waals surface area contributed by atoms with Crippen LogP contribution in [0.2, 0.25) is 0 Å². The zero-order valence-electron chi connectivity index (χ0n) is 14.7. The van der Waals surface area contributed by atoms with Gasteiger partial charge in [-0.1, -0.05) is 44.2 Å². The Morgan fingerprint density at radius 1 is 1.20 bits per heavy atom. The van der Waals surface area contributed by atoms with Crippen LogP contribution in [0.15, 0.2) is 42.5 Å². The Morgan fingerprint density at radius 3 is 2.68 bits per heavy atom. The van der Waals surface area contributed by atoms with Gasteiger partial charge >= 0.3 is 0 Å². The van der Waals surface area contributed by atoms with E-state index in [1.54, 1.807) is 0 Å². The lowest BCUT2D eigenvalue weighted by Gasteiger charge is -2.08. The molecule has 1 aromatic heterocycles. The Morgan fingerprint density at radius 2 is 1.96 bits per heavy atom. The van der Waals surface area contributed by atoms with Gasteiger partial charge in [0.2, 0.25) is 0 Å². The summed E-state index contributed by atoms with van der Waals surface area (Å²) >= 11 is 1.47. The van der Waals surface area contributed by atoms with Crippen molar-refractivity contribution in [1.29, 1.82) is 0 Å². The van der Waals surface area contributed by atoms with E-state index in [9.17, 15) is 4.79 Å². The number of hydrogen-bond donors (Lipinski definition) is 1. The van der Waals surface area contributed by atoms with Crippen LogP contribution in [0.5, 0.6) is 5.75 Å². The number of nitrogens with zero attached hydrogens (tertiary/aromatic N) is 1. The van der Waals surface area contributed by atoms with E-state index < -0.39 is 0 Å². The second-order valence-corrected chi connectivity index (χ2v) is 7.27. The molecule has 0 fully saturated rings. The summed E-state index contributed by atoms with van der Waals surface area (Å²) < 4.78 is 5.75. The Bertz CT molecular complexity index is 886. The third-order valence-corrected chi connectivity index (χ3v) is 5.35. The number of benzene rings is 2. The molecule has 1 amide bonds. The predicted molar refractivity (Wildman–Crippen MR) is 103 cm³/mol. The molecule has 0 bridgehead atoms. The number of aryl methyl sites for hydroxylation is 1. The summed E-state index contributed by atoms with van der Waals surface area (Å²) in [6, 6.07) is 14.2. The molecular formula is C20H22N2O2S. The maximum atomic E-state index is 12.3. The van der Waals surface area contributed by atoms with Crippen molar-refractivity contribution in [3.05, 3.63) is 58.0 Å². The average molecular weight is 354 g/mol. The number of ether oxygens (including phenoxy) is 1. The number of nitrogens with one attached hydrogen (secondary N) is 1. The zero-order chi connectivity index (χ0) is 17.8. The highest BCUT2D eigenvalue weighted by Crippen LogP contribution is 2.24. The minimum Gasteiger partial charge on any atom is -0.492 e. The van der Waals surface area contributed by atoms with Crippen LogP contribution in [0.25, 0.3) is 10.8 Å². The number of carbonyl (C=O) groups excluding carboxylic acids is 1. The summed E-state index contributed by atoms with van der Waals surface area (Å²) in [5.74, 6) is 1.06. The van der Waals surface area contributed by atoms with Crippen molar-refractivity contribution in [3.8, 4) is 5.75 Å². The first-order valence-corrected chi connectivity index (χ1v) is 9.23. The van der Waals surface area contributed by atoms with Gasteiger partial charge in [0.25, 0.3) is 5.91 Å². The van der Waals surface area contributed by atoms with Crippen LogP contribution in [-0.2, 0) is 0 Å². The topological polar surface area (TPSA) is 51.2 Å². The Kier molecular flexibility index (Phi) is 5.34. The van der Waals surface area contributed by atoms with Crippen LogP contribution in [0, 0.1) is 6.92 Å². The lowest BCUT2D eigenvalue weighted by atomic mass is 10.1. The molecule has 0 aliphatic carbocycles. The highest BCUT2D eigenvalue weighted by molar-refractivity contribution is 7.13. The molecule has 0 saturated carbocycles. The molecule has 0 unspecified atom stereocenters. The molecule has 1 N–H and O–H groups in total. The summed E-state index contributed by atoms with van der Waals surface area (Å²) in [7, 11) is 0. The maximum absolute atomic E-state index is 12.3. The van der Waals surface area contributed by atoms with E-state index in [0.29, 0.717) is 23.9 Å². The first-order valence-electron chi connectivity index (χ1n) is 8.41. The normalized spacial score (nSPS) is 11.0. The monoisotopic (exact) mass is 354 g/mol. The molecule has 5 heteroatoms. The highest BCUT2D eigenvalue weighted by Gasteiger charge is 2.16. The molecule has 0 saturated heterocycles. The number of fused-ring (bicyclic) bond motifs is 1. The second kappa shape index (κ2) is 7.66. The van der Waals surface area contributed by atoms with Gasteiger partial charge in [0.15, 0.2) is 0 Å². The van der Waals surface area contributed by atoms with Crippen LogP contribution >= 0.6 is 11.3 Å². The average Bonchev–Trinajstić information content (AvgIpc) is 3.00. The number of hydrogen-bond acceptors (Lipinski definition) is 4. The van der Waals surface area contributed by atoms with Crippen molar-refractivity contribution in [2.45, 2.75) is 26.7 Å². The van der Waals surface area contributed by atoms with E-state index in [-0.39, 0.29) is 5.91 Å². The van der Waals surface area contributed by atoms with Crippen LogP contribution in [-0.4, -0.2) is 24.0 Å². The Labute approximate surface area is 151 Å². The number of amides is 1. The van der Waals surface area contributed by atoms with Crippen molar-refractivity contribution in [3.63, 3.8) is 0 Å². The van der Waals surface area contributed by atoms with E-state index >= 15 is 0 Å². The third kappa shape index (κ3) is 4.17. The SMILES string of the molecule is Cc1nc(C(C)C)sc1C(=O)NCCOc1ccc2ccccc2c1. The molecule has 0 aliphatic heterocycles. The summed E-state index contributed by atoms with van der Waals surface area (Å²) in [6.45, 7) is 6.93. The van der Waals surface area contributed by atoms with Gasteiger partial charge in [-0.15, -0.1) is 11.3 Å². The minimum atomic E-state index is -0.0796. The zero-order valence-corrected chi connectivity index (χ0v) is 15.5. The van der Waals surface area contributed by atoms with Gasteiger partial charge in [0, 0.05) is 5.92 Å². The quantitative estimate of drug-likeness (QED) is 0.661. The molecular weight excluding hydrogens is 332 g/mol. The van der Waals surface area contributed by atoms with Crippen LogP contribution in [0.1, 0.15) is 40.1 Å². The first kappa shape index (κ1) is 17.4. The van der Waals surface area contributed by atoms with E-state index in [2.05, 4.69) is 36.3 Å². The maximum Gasteiger partial charge on any atom is 0.263 e. The smallest absolute Gasteiger partial charge is 0.263 e. The lowest BCUT2D eigenvalue weighted by Crippen LogP contribution is -2.27. The molecule has 3 aromatic rings. The Hall–Kier alpha value is -2.40. The van der Waals surface area contributed by atoms with E-state index in [1.165, 1.54) is 16.7 Å². The van der Waals surface area contributed by atoms with Gasteiger partial charge in [0.05, 0.1) is 17.2 Å². The van der Waals surface area contributed by atoms with Gasteiger partial charge < -0.3 is 10.1 Å². The Balaban J connectivity index is 1.53. The van der Waals surface area contributed by atoms with Crippen molar-refractivity contribution in [2.24, 2.45) is 0 Å². The van der Waals surface area contributed by atoms with E-state index in [1.807, 2.05) is 37.3 Å². The fourth-order valence-electron chi connectivity index (χ4n) is 2.55. The number of thiazole rings is 1. The van der Waals surface area contributed by atoms with Gasteiger partial charge in [0.1, 0.15) is 17.2 Å². The molecule has 0 atom stereocenters. The number of rotatable bonds is 6. The van der Waals surface area contributed by atoms with E-state index in [0.717, 1.165) is 21.8 Å². The largest absolute Gasteiger partial charge is 0.492 e. The lowest BCUT2D eigenvalue weighted by molar-refractivity contribution is 0.0950. The molecule has 2 aromatic carbocycles. The van der Waals surface area contributed by atoms with Crippen LogP contribution in [0.3, 0.4) is 0 Å². The summed E-state index contributed by atoms with van der Waals surface area (Å²) in [6.07, 6.45) is 0. The molecule has 3 rings (SSSR count). The number of aromatic nitrogens is 1. The van der Waals surface area contributed by atoms with Crippen molar-refractivity contribution in [1.82, 2.24) is 10.3 Å². The summed E-state index contributed by atoms with van der Waals surface area (Å²) in [5.41, 5.74) is 0.793. The van der Waals surface area contributed by atoms with Gasteiger partial charge in [-0.25, -0.2) is 4.98 Å². The third-order valence-electron chi connectivity index (χ3n) is 3.89. The van der Waals surface area contributed by atoms with Crippen molar-refractivity contribution >= 4 is 28.0 Å². The second-order valence-electron chi connectivity index (χ2n) is 6.23. The van der Waals surface area contributed by atoms with E-state index in [4.69, 9.17) is 4.74 Å². The van der Waals surface area contributed by atoms with Crippen molar-refractivity contribution in [2.75, 3.05) is 13.2 Å². The van der Waals surface area contributed by atoms with Gasteiger partial charge in [-0.3, -0.25) is 4.79 Å². The van der Waals surface area contributed by atoms with Crippen molar-refractivity contribution < 1.29 is 9.53 Å². The molecule has 0 radical (unpaired) electrons. The fraction of sp³-hybridized carbons (Fsp3) is 0.300. The highest BCUT2D eigenvalue weighted by atomic mass is 32.1. The fourth-order valence-corrected chi connectivity index (χ4v) is 3.53. The standard InChI is InChI=1S/C20H22N2O2S/c1-13(2)20-22-14(3)18(25-20)19(23)21-10-11-24-17-9-8-15-6-4-5-7-16(15)12-17/h4-9,12-13H,10-11H2,1-3H3,(H,21,23). The van der Waals surface area contributed by atoms with Gasteiger partial charge in [-0.2, -0.15) is 0 Å². The predicted octanol–water partition coefficient (Wildman–Crippen LogP) is 4.54. The van der Waals surface area contributed by atoms with Crippen LogP contribution in [0.4, 0.5) is 0 Å². The summed E-state index contributed by atoms with van der Waals surface area (Å²) in [5, 5.41) is 6.23. The number of carbonyl (C=O) groups is 1. The van der Waals surface area contributed by atoms with Crippen LogP contribution < -0.4 is 10.1 Å². The summed E-state index contributed by atoms with van der Waals surface area (Å²) in [4.78, 5) is 17.4. The van der Waals surface area contributed by atoms with Gasteiger partial charge in [-0.05, 0) is 29.8 Å². The molecule has 0 aliphatic rings. The first-order chi connectivity index (χ1) is 12.0. The molecule has 25 heavy (non-hydrogen) atoms. The minimum absolute atomic E-state index is 0.0796. The molecule has 1 heterocycles. The molecule has 130 valence electrons.